The number of nitrogens with zero attached hydrogens (tertiary/aromatic N) is 1. The molecule has 1 heterocycles. The Morgan fingerprint density at radius 3 is 2.71 bits per heavy atom. The molecule has 0 aliphatic heterocycles. The zero-order chi connectivity index (χ0) is 12.6. The van der Waals surface area contributed by atoms with Crippen LogP contribution >= 0.6 is 11.3 Å². The molecule has 1 aliphatic rings. The van der Waals surface area contributed by atoms with E-state index in [9.17, 15) is 8.42 Å². The molecule has 0 spiro atoms. The van der Waals surface area contributed by atoms with Gasteiger partial charge in [-0.3, -0.25) is 0 Å². The van der Waals surface area contributed by atoms with Gasteiger partial charge in [0.2, 0.25) is 0 Å². The van der Waals surface area contributed by atoms with Crippen LogP contribution in [0.3, 0.4) is 0 Å². The van der Waals surface area contributed by atoms with Gasteiger partial charge in [-0.25, -0.2) is 13.4 Å². The minimum atomic E-state index is -2.30. The molecule has 0 radical (unpaired) electrons. The second-order valence-electron chi connectivity index (χ2n) is 4.58. The first-order valence-electron chi connectivity index (χ1n) is 5.78. The highest BCUT2D eigenvalue weighted by atomic mass is 32.2. The average Bonchev–Trinajstić information content (AvgIpc) is 2.62. The van der Waals surface area contributed by atoms with Crippen molar-refractivity contribution in [3.63, 3.8) is 0 Å². The quantitative estimate of drug-likeness (QED) is 0.804. The van der Waals surface area contributed by atoms with Gasteiger partial charge >= 0.3 is 0 Å². The van der Waals surface area contributed by atoms with Crippen molar-refractivity contribution in [1.29, 1.82) is 0 Å². The second-order valence-corrected chi connectivity index (χ2v) is 7.05. The molecule has 1 aromatic rings. The minimum absolute atomic E-state index is 0.162. The Hall–Kier alpha value is -0.680. The molecule has 17 heavy (non-hydrogen) atoms. The summed E-state index contributed by atoms with van der Waals surface area (Å²) in [6.45, 7) is 6.05. The van der Waals surface area contributed by atoms with Gasteiger partial charge in [-0.05, 0) is 32.1 Å². The van der Waals surface area contributed by atoms with Crippen LogP contribution in [0.15, 0.2) is 0 Å². The summed E-state index contributed by atoms with van der Waals surface area (Å²) >= 11 is 1.64. The van der Waals surface area contributed by atoms with E-state index in [4.69, 9.17) is 0 Å². The molecule has 0 aromatic carbocycles. The number of aryl methyl sites for hydroxylation is 1. The van der Waals surface area contributed by atoms with Crippen molar-refractivity contribution in [1.82, 2.24) is 4.98 Å². The van der Waals surface area contributed by atoms with Crippen LogP contribution < -0.4 is 9.88 Å². The van der Waals surface area contributed by atoms with E-state index in [-0.39, 0.29) is 11.2 Å². The number of hydrogen-bond acceptors (Lipinski definition) is 4. The number of rotatable bonds is 2. The Labute approximate surface area is 107 Å². The highest BCUT2D eigenvalue weighted by molar-refractivity contribution is 7.73. The first kappa shape index (κ1) is 12.8. The monoisotopic (exact) mass is 271 g/mol. The number of hydrogen-bond donors (Lipinski definition) is 1. The van der Waals surface area contributed by atoms with Gasteiger partial charge in [-0.2, -0.15) is 0 Å². The van der Waals surface area contributed by atoms with Crippen molar-refractivity contribution in [2.24, 2.45) is 11.8 Å². The highest BCUT2D eigenvalue weighted by Gasteiger charge is 2.38. The van der Waals surface area contributed by atoms with Crippen LogP contribution in [0.2, 0.25) is 0 Å². The minimum Gasteiger partial charge on any atom is -0.242 e. The van der Waals surface area contributed by atoms with E-state index in [1.54, 1.807) is 11.3 Å². The van der Waals surface area contributed by atoms with Gasteiger partial charge in [-0.1, -0.05) is 19.1 Å². The summed E-state index contributed by atoms with van der Waals surface area (Å²) in [5.41, 5.74) is 0. The Kier molecular flexibility index (Phi) is 3.68. The maximum atomic E-state index is 11.1. The van der Waals surface area contributed by atoms with Crippen LogP contribution in [-0.2, 0) is 10.7 Å². The van der Waals surface area contributed by atoms with E-state index < -0.39 is 10.7 Å². The lowest BCUT2D eigenvalue weighted by atomic mass is 9.74. The molecule has 1 aromatic heterocycles. The zero-order valence-electron chi connectivity index (χ0n) is 10.2. The SMILES string of the molecule is C/C=c1/nc(C)s/c1=C/C1C(C)CC1[SH](=O)=O. The van der Waals surface area contributed by atoms with Crippen LogP contribution in [0.1, 0.15) is 25.3 Å². The third-order valence-electron chi connectivity index (χ3n) is 3.39. The molecule has 94 valence electrons. The normalized spacial score (nSPS) is 30.9. The lowest BCUT2D eigenvalue weighted by molar-refractivity contribution is 0.274. The van der Waals surface area contributed by atoms with E-state index in [1.165, 1.54) is 0 Å². The van der Waals surface area contributed by atoms with Crippen LogP contribution in [0.5, 0.6) is 0 Å². The summed E-state index contributed by atoms with van der Waals surface area (Å²) in [6.07, 6.45) is 4.87. The fourth-order valence-corrected chi connectivity index (χ4v) is 4.46. The molecule has 5 heteroatoms. The predicted octanol–water partition coefficient (Wildman–Crippen LogP) is 0.668. The number of thiazole rings is 1. The van der Waals surface area contributed by atoms with Gasteiger partial charge in [-0.15, -0.1) is 11.3 Å². The van der Waals surface area contributed by atoms with Crippen LogP contribution in [0.4, 0.5) is 0 Å². The fraction of sp³-hybridized carbons (Fsp3) is 0.583. The molecule has 3 unspecified atom stereocenters. The molecular formula is C12H17NO2S2. The van der Waals surface area contributed by atoms with Gasteiger partial charge in [0.1, 0.15) is 10.7 Å². The summed E-state index contributed by atoms with van der Waals surface area (Å²) in [5.74, 6) is 0.620. The van der Waals surface area contributed by atoms with Crippen molar-refractivity contribution in [2.75, 3.05) is 0 Å². The van der Waals surface area contributed by atoms with Crippen LogP contribution in [0, 0.1) is 18.8 Å². The third-order valence-corrected chi connectivity index (χ3v) is 5.44. The molecule has 1 fully saturated rings. The highest BCUT2D eigenvalue weighted by Crippen LogP contribution is 2.37. The van der Waals surface area contributed by atoms with Crippen LogP contribution in [0.25, 0.3) is 12.2 Å². The third kappa shape index (κ3) is 2.45. The molecule has 0 saturated heterocycles. The molecule has 1 aliphatic carbocycles. The second kappa shape index (κ2) is 4.90. The molecule has 1 saturated carbocycles. The Balaban J connectivity index is 2.42. The Morgan fingerprint density at radius 2 is 2.18 bits per heavy atom. The standard InChI is InChI=1S/C12H17NO2S2/c1-4-10-11(16-8(3)13-10)6-9-7(2)5-12(9)17(14)15/h4,6-7,9,12,17H,5H2,1-3H3/b10-4+,11-6+. The van der Waals surface area contributed by atoms with Crippen LogP contribution in [-0.4, -0.2) is 18.7 Å². The van der Waals surface area contributed by atoms with Gasteiger partial charge < -0.3 is 0 Å². The molecule has 0 amide bonds. The summed E-state index contributed by atoms with van der Waals surface area (Å²) in [6, 6.07) is 0. The smallest absolute Gasteiger partial charge is 0.143 e. The van der Waals surface area contributed by atoms with Gasteiger partial charge in [0.05, 0.1) is 20.1 Å². The fourth-order valence-electron chi connectivity index (χ4n) is 2.34. The van der Waals surface area contributed by atoms with E-state index in [0.29, 0.717) is 5.92 Å². The lowest BCUT2D eigenvalue weighted by Crippen LogP contribution is -2.41. The topological polar surface area (TPSA) is 47.0 Å². The maximum Gasteiger partial charge on any atom is 0.143 e. The van der Waals surface area contributed by atoms with Crippen molar-refractivity contribution < 1.29 is 8.42 Å². The van der Waals surface area contributed by atoms with Gasteiger partial charge in [0, 0.05) is 0 Å². The molecule has 0 N–H and O–H groups in total. The van der Waals surface area contributed by atoms with E-state index in [0.717, 1.165) is 21.3 Å². The summed E-state index contributed by atoms with van der Waals surface area (Å²) in [7, 11) is -2.30. The zero-order valence-corrected chi connectivity index (χ0v) is 11.9. The average molecular weight is 271 g/mol. The molecule has 3 atom stereocenters. The van der Waals surface area contributed by atoms with E-state index in [2.05, 4.69) is 18.0 Å². The number of aromatic nitrogens is 1. The van der Waals surface area contributed by atoms with Gasteiger partial charge in [0.15, 0.2) is 0 Å². The predicted molar refractivity (Wildman–Crippen MR) is 72.1 cm³/mol. The molecule has 3 nitrogen and oxygen atoms in total. The largest absolute Gasteiger partial charge is 0.242 e. The van der Waals surface area contributed by atoms with Gasteiger partial charge in [0.25, 0.3) is 0 Å². The lowest BCUT2D eigenvalue weighted by Gasteiger charge is -2.37. The summed E-state index contributed by atoms with van der Waals surface area (Å²) in [5, 5.41) is 1.83. The summed E-state index contributed by atoms with van der Waals surface area (Å²) in [4.78, 5) is 4.42. The molecule has 2 rings (SSSR count). The van der Waals surface area contributed by atoms with Crippen molar-refractivity contribution in [2.45, 2.75) is 32.4 Å². The van der Waals surface area contributed by atoms with E-state index >= 15 is 0 Å². The van der Waals surface area contributed by atoms with Crippen molar-refractivity contribution in [3.8, 4) is 0 Å². The van der Waals surface area contributed by atoms with Crippen molar-refractivity contribution >= 4 is 34.2 Å². The van der Waals surface area contributed by atoms with Crippen molar-refractivity contribution in [3.05, 3.63) is 14.9 Å². The first-order valence-corrected chi connectivity index (χ1v) is 7.84. The first-order chi connectivity index (χ1) is 8.02. The molecule has 0 bridgehead atoms. The van der Waals surface area contributed by atoms with E-state index in [1.807, 2.05) is 19.9 Å². The maximum absolute atomic E-state index is 11.1. The Morgan fingerprint density at radius 1 is 1.47 bits per heavy atom. The molecular weight excluding hydrogens is 254 g/mol. The number of thiol groups is 1. The summed E-state index contributed by atoms with van der Waals surface area (Å²) < 4.78 is 23.3. The Bertz CT molecular complexity index is 593.